The second-order valence-corrected chi connectivity index (χ2v) is 10.4. The van der Waals surface area contributed by atoms with E-state index in [0.717, 1.165) is 15.4 Å². The summed E-state index contributed by atoms with van der Waals surface area (Å²) in [5, 5.41) is 0.773. The van der Waals surface area contributed by atoms with Crippen LogP contribution < -0.4 is 4.89 Å². The minimum Gasteiger partial charge on any atom is -0.328 e. The molecule has 0 saturated carbocycles. The molecule has 0 radical (unpaired) electrons. The Morgan fingerprint density at radius 3 is 1.96 bits per heavy atom. The molecule has 0 saturated heterocycles. The Morgan fingerprint density at radius 1 is 1.12 bits per heavy atom. The molecule has 1 N–H and O–H groups in total. The lowest BCUT2D eigenvalue weighted by molar-refractivity contribution is -0.0916. The summed E-state index contributed by atoms with van der Waals surface area (Å²) in [4.78, 5) is 14.2. The Kier molecular flexibility index (Phi) is 12.2. The summed E-state index contributed by atoms with van der Waals surface area (Å²) in [7, 11) is -3.51. The number of hydrogen-bond acceptors (Lipinski definition) is 6. The van der Waals surface area contributed by atoms with Crippen LogP contribution in [0.25, 0.3) is 0 Å². The van der Waals surface area contributed by atoms with Gasteiger partial charge in [0.25, 0.3) is 0 Å². The average molecular weight is 537 g/mol. The predicted octanol–water partition coefficient (Wildman–Crippen LogP) is 6.86. The summed E-state index contributed by atoms with van der Waals surface area (Å²) >= 11 is 6.66. The van der Waals surface area contributed by atoms with Gasteiger partial charge in [0.2, 0.25) is 0 Å². The van der Waals surface area contributed by atoms with Crippen molar-refractivity contribution in [2.75, 3.05) is 6.66 Å². The van der Waals surface area contributed by atoms with Crippen LogP contribution in [0.5, 0.6) is 5.75 Å². The lowest BCUT2D eigenvalue weighted by Gasteiger charge is -2.27. The topological polar surface area (TPSA) is 74.2 Å². The van der Waals surface area contributed by atoms with E-state index in [-0.39, 0.29) is 11.2 Å². The summed E-state index contributed by atoms with van der Waals surface area (Å²) in [6.07, 6.45) is 0. The van der Waals surface area contributed by atoms with Crippen molar-refractivity contribution < 1.29 is 28.1 Å². The molecular weight excluding hydrogens is 510 g/mol. The van der Waals surface area contributed by atoms with Crippen molar-refractivity contribution in [2.45, 2.75) is 58.1 Å². The molecule has 1 aromatic rings. The van der Waals surface area contributed by atoms with Crippen LogP contribution in [0.15, 0.2) is 22.7 Å². The molecule has 0 aromatic heterocycles. The highest BCUT2D eigenvalue weighted by molar-refractivity contribution is 9.10. The van der Waals surface area contributed by atoms with Crippen LogP contribution in [0.4, 0.5) is 0 Å². The fourth-order valence-electron chi connectivity index (χ4n) is 1.27. The second-order valence-electron chi connectivity index (χ2n) is 7.14. The molecule has 1 aromatic carbocycles. The van der Waals surface area contributed by atoms with Crippen LogP contribution >= 0.6 is 48.5 Å². The molecule has 0 fully saturated rings. The molecule has 1 atom stereocenters. The van der Waals surface area contributed by atoms with Crippen LogP contribution in [-0.2, 0) is 23.6 Å². The number of alkyl halides is 1. The molecule has 10 heteroatoms. The van der Waals surface area contributed by atoms with Crippen molar-refractivity contribution in [1.29, 1.82) is 0 Å². The maximum Gasteiger partial charge on any atom is 0.550 e. The monoisotopic (exact) mass is 535 g/mol. The molecule has 1 rings (SSSR count). The summed E-state index contributed by atoms with van der Waals surface area (Å²) < 4.78 is 26.4. The number of rotatable bonds is 6. The molecule has 0 amide bonds. The molecule has 0 bridgehead atoms. The summed E-state index contributed by atoms with van der Waals surface area (Å²) in [5.74, 6) is 0.514. The van der Waals surface area contributed by atoms with Gasteiger partial charge in [0.1, 0.15) is 0 Å². The van der Waals surface area contributed by atoms with E-state index in [1.807, 2.05) is 53.7 Å². The van der Waals surface area contributed by atoms with Gasteiger partial charge in [0.15, 0.2) is 12.4 Å². The van der Waals surface area contributed by atoms with Gasteiger partial charge in [0.05, 0.1) is 20.3 Å². The lowest BCUT2D eigenvalue weighted by Crippen LogP contribution is -2.21. The van der Waals surface area contributed by atoms with Crippen LogP contribution in [0, 0.1) is 0 Å². The minimum absolute atomic E-state index is 0.355. The first-order valence-corrected chi connectivity index (χ1v) is 12.4. The molecule has 26 heavy (non-hydrogen) atoms. The predicted molar refractivity (Wildman–Crippen MR) is 113 cm³/mol. The van der Waals surface area contributed by atoms with Crippen molar-refractivity contribution in [2.24, 2.45) is 0 Å². The fourth-order valence-corrected chi connectivity index (χ4v) is 3.28. The van der Waals surface area contributed by atoms with E-state index in [4.69, 9.17) is 13.9 Å². The molecule has 0 heterocycles. The Morgan fingerprint density at radius 2 is 1.62 bits per heavy atom. The third kappa shape index (κ3) is 14.4. The average Bonchev–Trinajstić information content (AvgIpc) is 2.42. The number of hydrogen-bond donors (Lipinski definition) is 1. The van der Waals surface area contributed by atoms with Crippen molar-refractivity contribution in [3.63, 3.8) is 0 Å². The summed E-state index contributed by atoms with van der Waals surface area (Å²) in [6.45, 7) is 12.7. The van der Waals surface area contributed by atoms with Gasteiger partial charge in [-0.2, -0.15) is 0 Å². The maximum atomic E-state index is 10.6. The van der Waals surface area contributed by atoms with E-state index < -0.39 is 16.6 Å². The SMILES string of the molecule is CC(C)(C)OP(O)OC(C)(C)C.C[P+](=O)OOc1ccc(CBr)cc1Br. The zero-order chi connectivity index (χ0) is 20.5. The molecule has 0 aliphatic heterocycles. The van der Waals surface area contributed by atoms with E-state index in [1.165, 1.54) is 6.66 Å². The fraction of sp³-hybridized carbons (Fsp3) is 0.625. The van der Waals surface area contributed by atoms with Gasteiger partial charge in [-0.25, -0.2) is 0 Å². The minimum atomic E-state index is -1.76. The number of benzene rings is 1. The van der Waals surface area contributed by atoms with Gasteiger partial charge in [-0.3, -0.25) is 4.89 Å². The maximum absolute atomic E-state index is 10.6. The normalized spacial score (nSPS) is 12.5. The highest BCUT2D eigenvalue weighted by Gasteiger charge is 2.23. The van der Waals surface area contributed by atoms with Gasteiger partial charge in [-0.15, -0.1) is 0 Å². The summed E-state index contributed by atoms with van der Waals surface area (Å²) in [6, 6.07) is 5.54. The third-order valence-corrected chi connectivity index (χ3v) is 5.05. The van der Waals surface area contributed by atoms with E-state index in [0.29, 0.717) is 5.75 Å². The molecule has 1 unspecified atom stereocenters. The summed E-state index contributed by atoms with van der Waals surface area (Å²) in [5.41, 5.74) is 0.405. The molecule has 0 aliphatic rings. The highest BCUT2D eigenvalue weighted by atomic mass is 79.9. The quantitative estimate of drug-likeness (QED) is 0.185. The zero-order valence-electron chi connectivity index (χ0n) is 16.1. The molecular formula is C16H27Br2O6P2+. The standard InChI is InChI=1S/C8H8Br2O3P.C8H19O3P/c1-14(11)13-12-8-3-2-6(5-9)4-7(8)10;1-7(2,3)10-12(9)11-8(4,5)6/h2-4H,5H2,1H3;9H,1-6H3/q+1;. The van der Waals surface area contributed by atoms with Gasteiger partial charge < -0.3 is 13.9 Å². The van der Waals surface area contributed by atoms with Gasteiger partial charge in [-0.05, 0) is 79.7 Å². The van der Waals surface area contributed by atoms with Crippen molar-refractivity contribution >= 4 is 48.5 Å². The molecule has 0 spiro atoms. The first-order valence-electron chi connectivity index (χ1n) is 7.70. The Balaban J connectivity index is 0.000000488. The first-order chi connectivity index (χ1) is 11.7. The van der Waals surface area contributed by atoms with Crippen molar-refractivity contribution in [1.82, 2.24) is 0 Å². The molecule has 6 nitrogen and oxygen atoms in total. The smallest absolute Gasteiger partial charge is 0.328 e. The van der Waals surface area contributed by atoms with E-state index in [9.17, 15) is 9.46 Å². The van der Waals surface area contributed by atoms with E-state index >= 15 is 0 Å². The lowest BCUT2D eigenvalue weighted by atomic mass is 10.2. The van der Waals surface area contributed by atoms with Crippen LogP contribution in [0.3, 0.4) is 0 Å². The molecule has 150 valence electrons. The molecule has 0 aliphatic carbocycles. The van der Waals surface area contributed by atoms with E-state index in [1.54, 1.807) is 6.07 Å². The second kappa shape index (κ2) is 12.0. The van der Waals surface area contributed by atoms with Gasteiger partial charge in [-0.1, -0.05) is 22.0 Å². The highest BCUT2D eigenvalue weighted by Crippen LogP contribution is 2.41. The van der Waals surface area contributed by atoms with Crippen LogP contribution in [-0.4, -0.2) is 22.8 Å². The van der Waals surface area contributed by atoms with Crippen molar-refractivity contribution in [3.8, 4) is 5.75 Å². The first kappa shape index (κ1) is 26.4. The van der Waals surface area contributed by atoms with E-state index in [2.05, 4.69) is 36.5 Å². The van der Waals surface area contributed by atoms with Gasteiger partial charge in [0, 0.05) is 5.33 Å². The van der Waals surface area contributed by atoms with Gasteiger partial charge >= 0.3 is 16.6 Å². The number of halogens is 2. The largest absolute Gasteiger partial charge is 0.550 e. The Labute approximate surface area is 175 Å². The van der Waals surface area contributed by atoms with Crippen LogP contribution in [0.2, 0.25) is 0 Å². The van der Waals surface area contributed by atoms with Crippen LogP contribution in [0.1, 0.15) is 47.1 Å². The zero-order valence-corrected chi connectivity index (χ0v) is 21.0. The third-order valence-electron chi connectivity index (χ3n) is 2.09. The Bertz CT molecular complexity index is 557. The Hall–Kier alpha value is 0.350. The van der Waals surface area contributed by atoms with Crippen molar-refractivity contribution in [3.05, 3.63) is 28.2 Å².